The Morgan fingerprint density at radius 2 is 2.40 bits per heavy atom. The first-order valence-electron chi connectivity index (χ1n) is 4.92. The maximum absolute atomic E-state index is 9.74. The minimum absolute atomic E-state index is 0.235. The number of hydrogen-bond donors (Lipinski definition) is 4. The van der Waals surface area contributed by atoms with Crippen molar-refractivity contribution in [3.63, 3.8) is 0 Å². The van der Waals surface area contributed by atoms with Crippen LogP contribution in [0.2, 0.25) is 0 Å². The molecule has 2 heterocycles. The number of nitrogens with zero attached hydrogens (tertiary/aromatic N) is 2. The first kappa shape index (κ1) is 9.10. The number of aliphatic hydroxyl groups excluding tert-OH is 2. The smallest absolute Gasteiger partial charge is 0.165 e. The Morgan fingerprint density at radius 3 is 2.87 bits per heavy atom. The van der Waals surface area contributed by atoms with E-state index in [4.69, 9.17) is 16.9 Å². The quantitative estimate of drug-likeness (QED) is 0.458. The first-order valence-corrected chi connectivity index (χ1v) is 4.42. The fraction of sp³-hybridized carbons (Fsp3) is 0.625. The molecule has 1 fully saturated rings. The van der Waals surface area contributed by atoms with Gasteiger partial charge in [-0.1, -0.05) is 0 Å². The number of imidazole rings is 1. The van der Waals surface area contributed by atoms with Crippen molar-refractivity contribution in [1.82, 2.24) is 9.55 Å². The van der Waals surface area contributed by atoms with Gasteiger partial charge in [0.15, 0.2) is 6.23 Å². The number of nitrogen functional groups attached to an aromatic ring is 1. The number of anilines is 1. The molecular weight excluding hydrogens is 202 g/mol. The Hall–Kier alpha value is -1.15. The highest BCUT2D eigenvalue weighted by Gasteiger charge is 2.43. The molecule has 0 amide bonds. The van der Waals surface area contributed by atoms with Crippen LogP contribution in [0.25, 0.3) is 0 Å². The number of ether oxygens (including phenoxy) is 1. The molecule has 5 N–H and O–H groups in total. The van der Waals surface area contributed by atoms with E-state index in [0.29, 0.717) is 0 Å². The van der Waals surface area contributed by atoms with Crippen LogP contribution < -0.4 is 5.73 Å². The van der Waals surface area contributed by atoms with Crippen LogP contribution in [0.5, 0.6) is 0 Å². The van der Waals surface area contributed by atoms with Crippen LogP contribution in [0, 0.1) is 0 Å². The summed E-state index contributed by atoms with van der Waals surface area (Å²) in [6.07, 6.45) is -3.32. The number of aromatic nitrogens is 2. The first-order chi connectivity index (χ1) is 7.48. The monoisotopic (exact) mass is 216 g/mol. The van der Waals surface area contributed by atoms with E-state index in [1.165, 1.54) is 17.1 Å². The molecule has 84 valence electrons. The maximum atomic E-state index is 9.74. The van der Waals surface area contributed by atoms with Crippen LogP contribution >= 0.6 is 0 Å². The highest BCUT2D eigenvalue weighted by molar-refractivity contribution is 5.25. The summed E-state index contributed by atoms with van der Waals surface area (Å²) in [5.41, 5.74) is 5.56. The highest BCUT2D eigenvalue weighted by Crippen LogP contribution is 2.30. The number of rotatable bonds is 2. The standard InChI is InChI=1S/C8H13N3O4/c9-5-1-10-3-11(5)8-7(14)6(13)4(2-12)15-8/h1,3-4,6-8,12-14H,2,9H2/t4-,6-,7-,8-/m1/s1/i6D. The Labute approximate surface area is 87.1 Å². The van der Waals surface area contributed by atoms with Gasteiger partial charge in [-0.25, -0.2) is 4.98 Å². The molecule has 0 spiro atoms. The van der Waals surface area contributed by atoms with Gasteiger partial charge in [-0.3, -0.25) is 4.57 Å². The van der Waals surface area contributed by atoms with Crippen LogP contribution in [0.15, 0.2) is 12.5 Å². The second-order valence-electron chi connectivity index (χ2n) is 3.29. The molecule has 1 aromatic rings. The molecule has 0 saturated carbocycles. The topological polar surface area (TPSA) is 114 Å². The molecule has 4 atom stereocenters. The summed E-state index contributed by atoms with van der Waals surface area (Å²) < 4.78 is 14.0. The lowest BCUT2D eigenvalue weighted by Gasteiger charge is -2.16. The zero-order valence-electron chi connectivity index (χ0n) is 8.82. The number of aliphatic hydroxyl groups is 3. The van der Waals surface area contributed by atoms with E-state index in [1.54, 1.807) is 0 Å². The summed E-state index contributed by atoms with van der Waals surface area (Å²) in [4.78, 5) is 3.74. The van der Waals surface area contributed by atoms with Crippen LogP contribution in [0.1, 0.15) is 7.60 Å². The average Bonchev–Trinajstić information content (AvgIpc) is 2.72. The molecule has 1 aliphatic rings. The second-order valence-corrected chi connectivity index (χ2v) is 3.29. The molecule has 0 unspecified atom stereocenters. The van der Waals surface area contributed by atoms with Gasteiger partial charge in [0.2, 0.25) is 0 Å². The molecule has 1 saturated heterocycles. The highest BCUT2D eigenvalue weighted by atomic mass is 16.6. The van der Waals surface area contributed by atoms with Crippen molar-refractivity contribution >= 4 is 5.82 Å². The molecule has 0 bridgehead atoms. The van der Waals surface area contributed by atoms with Crippen LogP contribution in [-0.4, -0.2) is 49.8 Å². The molecule has 7 heteroatoms. The van der Waals surface area contributed by atoms with Crippen LogP contribution in [-0.2, 0) is 4.74 Å². The van der Waals surface area contributed by atoms with E-state index in [2.05, 4.69) is 4.98 Å². The van der Waals surface area contributed by atoms with Crippen molar-refractivity contribution in [1.29, 1.82) is 0 Å². The zero-order chi connectivity index (χ0) is 11.9. The predicted molar refractivity (Wildman–Crippen MR) is 49.6 cm³/mol. The molecule has 15 heavy (non-hydrogen) atoms. The van der Waals surface area contributed by atoms with E-state index >= 15 is 0 Å². The fourth-order valence-corrected chi connectivity index (χ4v) is 1.53. The van der Waals surface area contributed by atoms with Gasteiger partial charge in [-0.15, -0.1) is 0 Å². The van der Waals surface area contributed by atoms with Gasteiger partial charge in [0.25, 0.3) is 0 Å². The summed E-state index contributed by atoms with van der Waals surface area (Å²) in [7, 11) is 0. The number of hydrogen-bond acceptors (Lipinski definition) is 6. The third-order valence-corrected chi connectivity index (χ3v) is 2.34. The lowest BCUT2D eigenvalue weighted by Crippen LogP contribution is -2.33. The number of nitrogens with two attached hydrogens (primary N) is 1. The molecule has 7 nitrogen and oxygen atoms in total. The zero-order valence-corrected chi connectivity index (χ0v) is 7.82. The molecule has 0 aromatic carbocycles. The van der Waals surface area contributed by atoms with Gasteiger partial charge in [-0.05, 0) is 0 Å². The molecule has 0 aliphatic carbocycles. The maximum Gasteiger partial charge on any atom is 0.165 e. The van der Waals surface area contributed by atoms with Gasteiger partial charge >= 0.3 is 0 Å². The van der Waals surface area contributed by atoms with E-state index < -0.39 is 31.1 Å². The third-order valence-electron chi connectivity index (χ3n) is 2.34. The molecule has 1 aliphatic heterocycles. The Morgan fingerprint density at radius 1 is 1.67 bits per heavy atom. The largest absolute Gasteiger partial charge is 0.394 e. The van der Waals surface area contributed by atoms with Crippen molar-refractivity contribution < 1.29 is 21.4 Å². The molecule has 0 radical (unpaired) electrons. The lowest BCUT2D eigenvalue weighted by atomic mass is 10.1. The third kappa shape index (κ3) is 1.59. The predicted octanol–water partition coefficient (Wildman–Crippen LogP) is -1.92. The fourth-order valence-electron chi connectivity index (χ4n) is 1.53. The Balaban J connectivity index is 2.30. The van der Waals surface area contributed by atoms with Crippen molar-refractivity contribution in [3.8, 4) is 0 Å². The Bertz CT molecular complexity index is 383. The van der Waals surface area contributed by atoms with E-state index in [-0.39, 0.29) is 5.82 Å². The van der Waals surface area contributed by atoms with Gasteiger partial charge in [0.1, 0.15) is 24.1 Å². The minimum atomic E-state index is -2.27. The van der Waals surface area contributed by atoms with Crippen molar-refractivity contribution in [2.75, 3.05) is 12.3 Å². The molecule has 1 aromatic heterocycles. The summed E-state index contributed by atoms with van der Waals surface area (Å²) in [5.74, 6) is 0.235. The van der Waals surface area contributed by atoms with Crippen LogP contribution in [0.3, 0.4) is 0 Å². The van der Waals surface area contributed by atoms with Crippen LogP contribution in [0.4, 0.5) is 5.82 Å². The average molecular weight is 216 g/mol. The Kier molecular flexibility index (Phi) is 2.29. The lowest BCUT2D eigenvalue weighted by molar-refractivity contribution is -0.0517. The van der Waals surface area contributed by atoms with Crippen molar-refractivity contribution in [3.05, 3.63) is 12.5 Å². The van der Waals surface area contributed by atoms with Gasteiger partial charge in [-0.2, -0.15) is 0 Å². The SMILES string of the molecule is [2H][C@@]1(O)[C@@H](CO)O[C@@H](n2cncc2N)[C@@H]1O. The molecular formula is C8H13N3O4. The van der Waals surface area contributed by atoms with Gasteiger partial charge < -0.3 is 25.8 Å². The van der Waals surface area contributed by atoms with E-state index in [1.807, 2.05) is 0 Å². The van der Waals surface area contributed by atoms with Gasteiger partial charge in [0.05, 0.1) is 20.5 Å². The summed E-state index contributed by atoms with van der Waals surface area (Å²) in [5, 5.41) is 28.3. The summed E-state index contributed by atoms with van der Waals surface area (Å²) in [6.45, 7) is -0.567. The summed E-state index contributed by atoms with van der Waals surface area (Å²) >= 11 is 0. The molecule has 2 rings (SSSR count). The summed E-state index contributed by atoms with van der Waals surface area (Å²) in [6, 6.07) is 0. The normalized spacial score (nSPS) is 41.8. The second kappa shape index (κ2) is 3.78. The van der Waals surface area contributed by atoms with E-state index in [0.717, 1.165) is 0 Å². The van der Waals surface area contributed by atoms with E-state index in [9.17, 15) is 10.2 Å². The minimum Gasteiger partial charge on any atom is -0.394 e. The van der Waals surface area contributed by atoms with Crippen molar-refractivity contribution in [2.45, 2.75) is 24.5 Å². The van der Waals surface area contributed by atoms with Crippen molar-refractivity contribution in [2.24, 2.45) is 0 Å². The van der Waals surface area contributed by atoms with Gasteiger partial charge in [0, 0.05) is 0 Å².